The van der Waals surface area contributed by atoms with Crippen LogP contribution < -0.4 is 9.88 Å². The van der Waals surface area contributed by atoms with Gasteiger partial charge in [0.15, 0.2) is 0 Å². The molecule has 6 nitrogen and oxygen atoms in total. The van der Waals surface area contributed by atoms with Crippen LogP contribution in [0, 0.1) is 0 Å². The maximum Gasteiger partial charge on any atom is 0.333 e. The van der Waals surface area contributed by atoms with E-state index < -0.39 is 16.1 Å². The van der Waals surface area contributed by atoms with Gasteiger partial charge in [-0.1, -0.05) is 23.7 Å². The molecule has 1 aromatic rings. The minimum absolute atomic E-state index is 0.0184. The van der Waals surface area contributed by atoms with Crippen molar-refractivity contribution in [2.75, 3.05) is 6.61 Å². The van der Waals surface area contributed by atoms with Gasteiger partial charge in [0.2, 0.25) is 5.79 Å². The Labute approximate surface area is 141 Å². The fourth-order valence-electron chi connectivity index (χ4n) is 3.22. The molecule has 128 valence electrons. The van der Waals surface area contributed by atoms with E-state index in [1.807, 2.05) is 12.1 Å². The first-order valence-electron chi connectivity index (χ1n) is 7.68. The zero-order valence-corrected chi connectivity index (χ0v) is 14.2. The lowest BCUT2D eigenvalue weighted by Gasteiger charge is -2.31. The summed E-state index contributed by atoms with van der Waals surface area (Å²) in [4.78, 5) is 0. The molecule has 0 amide bonds. The summed E-state index contributed by atoms with van der Waals surface area (Å²) in [6.07, 6.45) is 4.43. The predicted octanol–water partition coefficient (Wildman–Crippen LogP) is 2.54. The van der Waals surface area contributed by atoms with Crippen LogP contribution in [0.4, 0.5) is 0 Å². The third-order valence-electron chi connectivity index (χ3n) is 4.22. The van der Waals surface area contributed by atoms with Gasteiger partial charge in [-0.25, -0.2) is 5.14 Å². The molecule has 8 heteroatoms. The largest absolute Gasteiger partial charge is 0.461 e. The maximum atomic E-state index is 10.9. The molecule has 2 N–H and O–H groups in total. The second kappa shape index (κ2) is 6.57. The first-order valence-corrected chi connectivity index (χ1v) is 9.53. The molecule has 3 rings (SSSR count). The Morgan fingerprint density at radius 1 is 1.35 bits per heavy atom. The second-order valence-electron chi connectivity index (χ2n) is 6.00. The number of fused-ring (bicyclic) bond motifs is 1. The minimum Gasteiger partial charge on any atom is -0.461 e. The highest BCUT2D eigenvalue weighted by Gasteiger charge is 2.42. The zero-order valence-electron chi connectivity index (χ0n) is 12.7. The van der Waals surface area contributed by atoms with Gasteiger partial charge >= 0.3 is 10.3 Å². The number of benzene rings is 1. The smallest absolute Gasteiger partial charge is 0.333 e. The highest BCUT2D eigenvalue weighted by atomic mass is 35.5. The van der Waals surface area contributed by atoms with E-state index in [-0.39, 0.29) is 12.7 Å². The van der Waals surface area contributed by atoms with Gasteiger partial charge in [-0.3, -0.25) is 4.18 Å². The van der Waals surface area contributed by atoms with Gasteiger partial charge in [0.05, 0.1) is 17.7 Å². The first kappa shape index (κ1) is 17.0. The van der Waals surface area contributed by atoms with Crippen LogP contribution in [0.5, 0.6) is 5.75 Å². The van der Waals surface area contributed by atoms with Crippen molar-refractivity contribution in [3.05, 3.63) is 28.8 Å². The summed E-state index contributed by atoms with van der Waals surface area (Å²) in [7, 11) is -3.94. The van der Waals surface area contributed by atoms with E-state index in [0.29, 0.717) is 23.6 Å². The van der Waals surface area contributed by atoms with Crippen molar-refractivity contribution in [2.24, 2.45) is 5.14 Å². The molecule has 1 heterocycles. The average Bonchev–Trinajstić information content (AvgIpc) is 2.82. The second-order valence-corrected chi connectivity index (χ2v) is 7.62. The molecule has 0 bridgehead atoms. The molecule has 1 aliphatic carbocycles. The number of hydrogen-bond acceptors (Lipinski definition) is 5. The summed E-state index contributed by atoms with van der Waals surface area (Å²) in [6.45, 7) is -0.0184. The highest BCUT2D eigenvalue weighted by molar-refractivity contribution is 7.84. The number of nitrogens with two attached hydrogens (primary N) is 1. The van der Waals surface area contributed by atoms with Gasteiger partial charge in [-0.05, 0) is 30.9 Å². The highest BCUT2D eigenvalue weighted by Crippen LogP contribution is 2.43. The number of para-hydroxylation sites is 1. The third-order valence-corrected chi connectivity index (χ3v) is 5.01. The Kier molecular flexibility index (Phi) is 4.85. The standard InChI is InChI=1S/C15H20ClNO5S/c16-13-5-3-4-11-10-12(6-9-20-23(17,18)19)21-15(22-14(11)13)7-1-2-8-15/h3-5,12H,1-2,6-10H2,(H2,17,18,19). The molecule has 1 unspecified atom stereocenters. The molecule has 1 aromatic carbocycles. The van der Waals surface area contributed by atoms with Crippen LogP contribution in [0.25, 0.3) is 0 Å². The van der Waals surface area contributed by atoms with E-state index in [0.717, 1.165) is 31.2 Å². The Balaban J connectivity index is 1.81. The number of hydrogen-bond donors (Lipinski definition) is 1. The lowest BCUT2D eigenvalue weighted by atomic mass is 10.1. The van der Waals surface area contributed by atoms with Crippen LogP contribution in [0.3, 0.4) is 0 Å². The van der Waals surface area contributed by atoms with Crippen LogP contribution in [-0.2, 0) is 25.6 Å². The molecular formula is C15H20ClNO5S. The Morgan fingerprint density at radius 2 is 2.09 bits per heavy atom. The molecule has 2 aliphatic rings. The molecule has 23 heavy (non-hydrogen) atoms. The van der Waals surface area contributed by atoms with Gasteiger partial charge in [-0.2, -0.15) is 8.42 Å². The summed E-state index contributed by atoms with van der Waals surface area (Å²) in [6, 6.07) is 5.62. The fraction of sp³-hybridized carbons (Fsp3) is 0.600. The third kappa shape index (κ3) is 4.16. The topological polar surface area (TPSA) is 87.9 Å². The maximum absolute atomic E-state index is 10.9. The van der Waals surface area contributed by atoms with Crippen LogP contribution in [0.1, 0.15) is 37.7 Å². The van der Waals surface area contributed by atoms with E-state index in [1.54, 1.807) is 6.07 Å². The molecule has 1 aliphatic heterocycles. The summed E-state index contributed by atoms with van der Waals surface area (Å²) in [5.41, 5.74) is 0.960. The normalized spacial score (nSPS) is 23.3. The van der Waals surface area contributed by atoms with E-state index in [2.05, 4.69) is 4.18 Å². The van der Waals surface area contributed by atoms with Crippen LogP contribution in [0.2, 0.25) is 5.02 Å². The number of halogens is 1. The summed E-state index contributed by atoms with van der Waals surface area (Å²) < 4.78 is 38.8. The molecule has 0 saturated heterocycles. The van der Waals surface area contributed by atoms with Crippen molar-refractivity contribution in [3.8, 4) is 5.75 Å². The molecule has 1 spiro atoms. The van der Waals surface area contributed by atoms with Crippen molar-refractivity contribution in [1.82, 2.24) is 0 Å². The summed E-state index contributed by atoms with van der Waals surface area (Å²) in [5.74, 6) is -0.00592. The van der Waals surface area contributed by atoms with Crippen LogP contribution in [-0.4, -0.2) is 26.9 Å². The molecule has 1 saturated carbocycles. The monoisotopic (exact) mass is 361 g/mol. The number of ether oxygens (including phenoxy) is 2. The SMILES string of the molecule is NS(=O)(=O)OCCC1Cc2cccc(Cl)c2OC2(CCCC2)O1. The van der Waals surface area contributed by atoms with E-state index in [1.165, 1.54) is 0 Å². The Hall–Kier alpha value is -0.860. The molecule has 1 atom stereocenters. The van der Waals surface area contributed by atoms with Gasteiger partial charge in [-0.15, -0.1) is 0 Å². The Bertz CT molecular complexity index is 672. The molecular weight excluding hydrogens is 342 g/mol. The Morgan fingerprint density at radius 3 is 2.78 bits per heavy atom. The summed E-state index contributed by atoms with van der Waals surface area (Å²) >= 11 is 6.29. The van der Waals surface area contributed by atoms with E-state index in [9.17, 15) is 8.42 Å². The molecule has 0 radical (unpaired) electrons. The molecule has 1 fully saturated rings. The van der Waals surface area contributed by atoms with Gasteiger partial charge in [0.1, 0.15) is 5.75 Å². The number of rotatable bonds is 4. The van der Waals surface area contributed by atoms with Crippen molar-refractivity contribution >= 4 is 21.9 Å². The predicted molar refractivity (Wildman–Crippen MR) is 85.5 cm³/mol. The lowest BCUT2D eigenvalue weighted by molar-refractivity contribution is -0.202. The van der Waals surface area contributed by atoms with Crippen LogP contribution >= 0.6 is 11.6 Å². The van der Waals surface area contributed by atoms with E-state index >= 15 is 0 Å². The van der Waals surface area contributed by atoms with Crippen LogP contribution in [0.15, 0.2) is 18.2 Å². The van der Waals surface area contributed by atoms with Crippen molar-refractivity contribution in [2.45, 2.75) is 50.4 Å². The quantitative estimate of drug-likeness (QED) is 0.890. The lowest BCUT2D eigenvalue weighted by Crippen LogP contribution is -2.39. The van der Waals surface area contributed by atoms with Gasteiger partial charge in [0.25, 0.3) is 0 Å². The minimum atomic E-state index is -3.94. The average molecular weight is 362 g/mol. The first-order chi connectivity index (χ1) is 10.9. The molecule has 0 aromatic heterocycles. The van der Waals surface area contributed by atoms with E-state index in [4.69, 9.17) is 26.2 Å². The van der Waals surface area contributed by atoms with Crippen molar-refractivity contribution in [3.63, 3.8) is 0 Å². The van der Waals surface area contributed by atoms with Crippen molar-refractivity contribution < 1.29 is 22.1 Å². The fourth-order valence-corrected chi connectivity index (χ4v) is 3.78. The van der Waals surface area contributed by atoms with Gasteiger partial charge in [0, 0.05) is 19.3 Å². The summed E-state index contributed by atoms with van der Waals surface area (Å²) in [5, 5.41) is 5.43. The zero-order chi connectivity index (χ0) is 16.5. The van der Waals surface area contributed by atoms with Crippen molar-refractivity contribution in [1.29, 1.82) is 0 Å². The van der Waals surface area contributed by atoms with Gasteiger partial charge < -0.3 is 9.47 Å².